The van der Waals surface area contributed by atoms with Crippen molar-refractivity contribution >= 4 is 28.9 Å². The van der Waals surface area contributed by atoms with Crippen LogP contribution < -0.4 is 10.2 Å². The van der Waals surface area contributed by atoms with E-state index < -0.39 is 0 Å². The van der Waals surface area contributed by atoms with E-state index in [4.69, 9.17) is 11.6 Å². The van der Waals surface area contributed by atoms with Crippen molar-refractivity contribution in [1.82, 2.24) is 9.78 Å². The molecule has 1 atom stereocenters. The van der Waals surface area contributed by atoms with Gasteiger partial charge in [-0.1, -0.05) is 17.7 Å². The van der Waals surface area contributed by atoms with E-state index in [0.717, 1.165) is 46.3 Å². The molecular weight excluding hydrogens is 312 g/mol. The Morgan fingerprint density at radius 2 is 2.13 bits per heavy atom. The molecule has 6 heteroatoms. The van der Waals surface area contributed by atoms with Crippen LogP contribution in [0.2, 0.25) is 5.02 Å². The first-order valence-electron chi connectivity index (χ1n) is 7.75. The molecule has 1 aromatic carbocycles. The molecule has 1 N–H and O–H groups in total. The van der Waals surface area contributed by atoms with E-state index in [-0.39, 0.29) is 11.9 Å². The van der Waals surface area contributed by atoms with Crippen LogP contribution in [0.15, 0.2) is 18.2 Å². The number of aryl methyl sites for hydroxylation is 2. The molecule has 1 aromatic heterocycles. The van der Waals surface area contributed by atoms with Crippen LogP contribution in [-0.4, -0.2) is 28.3 Å². The number of benzene rings is 1. The van der Waals surface area contributed by atoms with Gasteiger partial charge in [0.05, 0.1) is 17.1 Å². The second-order valence-electron chi connectivity index (χ2n) is 6.02. The van der Waals surface area contributed by atoms with Crippen molar-refractivity contribution in [3.05, 3.63) is 40.2 Å². The number of nitrogens with zero attached hydrogens (tertiary/aromatic N) is 3. The van der Waals surface area contributed by atoms with Gasteiger partial charge < -0.3 is 10.2 Å². The summed E-state index contributed by atoms with van der Waals surface area (Å²) in [6, 6.07) is 5.59. The Bertz CT molecular complexity index is 768. The lowest BCUT2D eigenvalue weighted by molar-refractivity contribution is -0.117. The molecule has 1 aliphatic rings. The van der Waals surface area contributed by atoms with E-state index >= 15 is 0 Å². The summed E-state index contributed by atoms with van der Waals surface area (Å²) >= 11 is 6.26. The number of aromatic nitrogens is 2. The second kappa shape index (κ2) is 5.89. The van der Waals surface area contributed by atoms with Crippen LogP contribution in [0, 0.1) is 13.8 Å². The van der Waals surface area contributed by atoms with Gasteiger partial charge in [0, 0.05) is 24.3 Å². The molecule has 0 spiro atoms. The SMILES string of the molecule is Cc1nn(C)c(C)c1NC(=O)[C@@H](C)N1CCc2c(Cl)cccc21. The maximum atomic E-state index is 12.7. The van der Waals surface area contributed by atoms with Gasteiger partial charge in [0.2, 0.25) is 5.91 Å². The molecule has 3 rings (SSSR count). The number of rotatable bonds is 3. The van der Waals surface area contributed by atoms with E-state index in [1.165, 1.54) is 0 Å². The number of carbonyl (C=O) groups is 1. The molecule has 1 aliphatic heterocycles. The molecule has 0 aliphatic carbocycles. The fourth-order valence-corrected chi connectivity index (χ4v) is 3.41. The molecule has 0 unspecified atom stereocenters. The van der Waals surface area contributed by atoms with Gasteiger partial charge in [-0.05, 0) is 44.9 Å². The van der Waals surface area contributed by atoms with Crippen LogP contribution in [0.5, 0.6) is 0 Å². The van der Waals surface area contributed by atoms with Gasteiger partial charge in [-0.3, -0.25) is 9.48 Å². The third kappa shape index (κ3) is 2.70. The van der Waals surface area contributed by atoms with Crippen LogP contribution in [-0.2, 0) is 18.3 Å². The molecule has 5 nitrogen and oxygen atoms in total. The molecule has 23 heavy (non-hydrogen) atoms. The van der Waals surface area contributed by atoms with Gasteiger partial charge in [0.15, 0.2) is 0 Å². The first-order valence-corrected chi connectivity index (χ1v) is 8.13. The maximum absolute atomic E-state index is 12.7. The smallest absolute Gasteiger partial charge is 0.246 e. The Morgan fingerprint density at radius 1 is 1.39 bits per heavy atom. The largest absolute Gasteiger partial charge is 0.359 e. The standard InChI is InChI=1S/C17H21ClN4O/c1-10-16(11(2)21(4)20-10)19-17(23)12(3)22-9-8-13-14(18)6-5-7-15(13)22/h5-7,12H,8-9H2,1-4H3,(H,19,23)/t12-/m1/s1. The minimum absolute atomic E-state index is 0.0305. The van der Waals surface area contributed by atoms with Crippen LogP contribution >= 0.6 is 11.6 Å². The lowest BCUT2D eigenvalue weighted by Gasteiger charge is -2.26. The summed E-state index contributed by atoms with van der Waals surface area (Å²) in [4.78, 5) is 14.8. The first kappa shape index (κ1) is 15.9. The molecular formula is C17H21ClN4O. The number of nitrogens with one attached hydrogen (secondary N) is 1. The summed E-state index contributed by atoms with van der Waals surface area (Å²) in [6.45, 7) is 6.58. The predicted molar refractivity (Wildman–Crippen MR) is 93.3 cm³/mol. The summed E-state index contributed by atoms with van der Waals surface area (Å²) in [5.74, 6) is -0.0305. The van der Waals surface area contributed by atoms with Gasteiger partial charge in [0.25, 0.3) is 0 Å². The highest BCUT2D eigenvalue weighted by molar-refractivity contribution is 6.31. The minimum atomic E-state index is -0.270. The summed E-state index contributed by atoms with van der Waals surface area (Å²) in [7, 11) is 1.88. The Morgan fingerprint density at radius 3 is 2.78 bits per heavy atom. The number of anilines is 2. The fourth-order valence-electron chi connectivity index (χ4n) is 3.14. The third-order valence-electron chi connectivity index (χ3n) is 4.61. The highest BCUT2D eigenvalue weighted by Gasteiger charge is 2.29. The molecule has 122 valence electrons. The van der Waals surface area contributed by atoms with Crippen molar-refractivity contribution in [1.29, 1.82) is 0 Å². The average molecular weight is 333 g/mol. The van der Waals surface area contributed by atoms with Crippen LogP contribution in [0.3, 0.4) is 0 Å². The number of amides is 1. The normalized spacial score (nSPS) is 14.7. The Kier molecular flexibility index (Phi) is 4.06. The first-order chi connectivity index (χ1) is 10.9. The molecule has 2 heterocycles. The Hall–Kier alpha value is -2.01. The second-order valence-corrected chi connectivity index (χ2v) is 6.42. The van der Waals surface area contributed by atoms with Crippen molar-refractivity contribution in [3.8, 4) is 0 Å². The maximum Gasteiger partial charge on any atom is 0.246 e. The molecule has 0 fully saturated rings. The molecule has 0 saturated carbocycles. The summed E-state index contributed by atoms with van der Waals surface area (Å²) in [5.41, 5.74) is 4.76. The zero-order chi connectivity index (χ0) is 16.7. The lowest BCUT2D eigenvalue weighted by atomic mass is 10.1. The highest BCUT2D eigenvalue weighted by Crippen LogP contribution is 2.34. The lowest BCUT2D eigenvalue weighted by Crippen LogP contribution is -2.41. The van der Waals surface area contributed by atoms with Crippen LogP contribution in [0.25, 0.3) is 0 Å². The Labute approximate surface area is 141 Å². The van der Waals surface area contributed by atoms with Gasteiger partial charge >= 0.3 is 0 Å². The molecule has 0 bridgehead atoms. The summed E-state index contributed by atoms with van der Waals surface area (Å²) in [5, 5.41) is 8.14. The molecule has 1 amide bonds. The number of hydrogen-bond donors (Lipinski definition) is 1. The zero-order valence-electron chi connectivity index (χ0n) is 13.9. The summed E-state index contributed by atoms with van der Waals surface area (Å²) in [6.07, 6.45) is 0.873. The predicted octanol–water partition coefficient (Wildman–Crippen LogP) is 3.08. The van der Waals surface area contributed by atoms with E-state index in [1.807, 2.05) is 46.0 Å². The topological polar surface area (TPSA) is 50.2 Å². The van der Waals surface area contributed by atoms with E-state index in [0.29, 0.717) is 0 Å². The van der Waals surface area contributed by atoms with E-state index in [2.05, 4.69) is 15.3 Å². The minimum Gasteiger partial charge on any atom is -0.359 e. The quantitative estimate of drug-likeness (QED) is 0.939. The van der Waals surface area contributed by atoms with E-state index in [9.17, 15) is 4.79 Å². The monoisotopic (exact) mass is 332 g/mol. The van der Waals surface area contributed by atoms with Crippen molar-refractivity contribution in [3.63, 3.8) is 0 Å². The number of halogens is 1. The number of hydrogen-bond acceptors (Lipinski definition) is 3. The average Bonchev–Trinajstić information content (AvgIpc) is 3.04. The van der Waals surface area contributed by atoms with Gasteiger partial charge in [0.1, 0.15) is 6.04 Å². The Balaban J connectivity index is 1.81. The van der Waals surface area contributed by atoms with E-state index in [1.54, 1.807) is 4.68 Å². The highest BCUT2D eigenvalue weighted by atomic mass is 35.5. The van der Waals surface area contributed by atoms with Crippen molar-refractivity contribution in [2.75, 3.05) is 16.8 Å². The van der Waals surface area contributed by atoms with Gasteiger partial charge in [-0.25, -0.2) is 0 Å². The number of fused-ring (bicyclic) bond motifs is 1. The van der Waals surface area contributed by atoms with Gasteiger partial charge in [-0.2, -0.15) is 5.10 Å². The number of carbonyl (C=O) groups excluding carboxylic acids is 1. The third-order valence-corrected chi connectivity index (χ3v) is 4.96. The van der Waals surface area contributed by atoms with Crippen molar-refractivity contribution in [2.24, 2.45) is 7.05 Å². The fraction of sp³-hybridized carbons (Fsp3) is 0.412. The van der Waals surface area contributed by atoms with Crippen LogP contribution in [0.4, 0.5) is 11.4 Å². The zero-order valence-corrected chi connectivity index (χ0v) is 14.6. The van der Waals surface area contributed by atoms with Crippen molar-refractivity contribution in [2.45, 2.75) is 33.2 Å². The van der Waals surface area contributed by atoms with Gasteiger partial charge in [-0.15, -0.1) is 0 Å². The molecule has 0 saturated heterocycles. The van der Waals surface area contributed by atoms with Crippen LogP contribution in [0.1, 0.15) is 23.9 Å². The van der Waals surface area contributed by atoms with Crippen molar-refractivity contribution < 1.29 is 4.79 Å². The molecule has 2 aromatic rings. The molecule has 0 radical (unpaired) electrons. The summed E-state index contributed by atoms with van der Waals surface area (Å²) < 4.78 is 1.78.